The maximum atomic E-state index is 2.74. The van der Waals surface area contributed by atoms with Crippen molar-refractivity contribution in [2.75, 3.05) is 91.6 Å². The highest BCUT2D eigenvalue weighted by molar-refractivity contribution is 4.72. The van der Waals surface area contributed by atoms with Crippen LogP contribution in [-0.4, -0.2) is 110 Å². The zero-order valence-electron chi connectivity index (χ0n) is 20.5. The molecule has 0 aliphatic carbocycles. The Kier molecular flexibility index (Phi) is 12.9. The summed E-state index contributed by atoms with van der Waals surface area (Å²) in [5.74, 6) is 0. The summed E-state index contributed by atoms with van der Waals surface area (Å²) in [6, 6.07) is 0. The number of quaternary nitrogens is 2. The zero-order chi connectivity index (χ0) is 20.9. The van der Waals surface area contributed by atoms with Crippen molar-refractivity contribution >= 4 is 0 Å². The van der Waals surface area contributed by atoms with Gasteiger partial charge in [0.05, 0.1) is 52.4 Å². The normalized spacial score (nSPS) is 17.4. The first-order valence-electron chi connectivity index (χ1n) is 12.7. The lowest BCUT2D eigenvalue weighted by molar-refractivity contribution is -0.924. The van der Waals surface area contributed by atoms with Gasteiger partial charge in [-0.15, -0.1) is 0 Å². The van der Waals surface area contributed by atoms with Gasteiger partial charge in [-0.1, -0.05) is 26.7 Å². The van der Waals surface area contributed by atoms with Gasteiger partial charge in [-0.2, -0.15) is 0 Å². The van der Waals surface area contributed by atoms with Crippen molar-refractivity contribution in [3.63, 3.8) is 0 Å². The Labute approximate surface area is 178 Å². The van der Waals surface area contributed by atoms with Gasteiger partial charge in [0, 0.05) is 39.3 Å². The molecule has 1 aliphatic heterocycles. The van der Waals surface area contributed by atoms with E-state index in [9.17, 15) is 0 Å². The number of unbranched alkanes of at least 4 members (excludes halogenated alkanes) is 2. The van der Waals surface area contributed by atoms with Gasteiger partial charge in [-0.05, 0) is 40.5 Å². The summed E-state index contributed by atoms with van der Waals surface area (Å²) in [4.78, 5) is 5.47. The Morgan fingerprint density at radius 1 is 0.500 bits per heavy atom. The van der Waals surface area contributed by atoms with Crippen molar-refractivity contribution in [1.82, 2.24) is 9.80 Å². The van der Waals surface area contributed by atoms with Crippen molar-refractivity contribution in [2.24, 2.45) is 0 Å². The third-order valence-electron chi connectivity index (χ3n) is 7.90. The molecular weight excluding hydrogens is 344 g/mol. The first-order chi connectivity index (χ1) is 13.5. The largest absolute Gasteiger partial charge is 0.323 e. The van der Waals surface area contributed by atoms with Gasteiger partial charge >= 0.3 is 0 Å². The fourth-order valence-corrected chi connectivity index (χ4v) is 4.87. The molecule has 28 heavy (non-hydrogen) atoms. The lowest BCUT2D eigenvalue weighted by Crippen LogP contribution is -2.56. The van der Waals surface area contributed by atoms with E-state index in [2.05, 4.69) is 51.3 Å². The SMILES string of the molecule is CCCC[N+](CC)(CC)CCN1CCN(CC[N+](CC)(CC)CCCC)CC1. The molecule has 1 saturated heterocycles. The maximum absolute atomic E-state index is 2.74. The second-order valence-electron chi connectivity index (χ2n) is 9.23. The second kappa shape index (κ2) is 14.0. The van der Waals surface area contributed by atoms with Crippen molar-refractivity contribution in [1.29, 1.82) is 0 Å². The summed E-state index contributed by atoms with van der Waals surface area (Å²) in [5.41, 5.74) is 0. The molecule has 4 heteroatoms. The van der Waals surface area contributed by atoms with Crippen molar-refractivity contribution in [3.8, 4) is 0 Å². The smallest absolute Gasteiger partial charge is 0.0915 e. The van der Waals surface area contributed by atoms with Crippen LogP contribution in [0, 0.1) is 0 Å². The van der Waals surface area contributed by atoms with Crippen LogP contribution in [0.15, 0.2) is 0 Å². The molecule has 1 aliphatic rings. The van der Waals surface area contributed by atoms with E-state index in [0.717, 1.165) is 0 Å². The molecule has 0 aromatic heterocycles. The molecule has 0 aromatic carbocycles. The molecule has 1 heterocycles. The number of rotatable bonds is 16. The van der Waals surface area contributed by atoms with E-state index >= 15 is 0 Å². The van der Waals surface area contributed by atoms with Gasteiger partial charge in [-0.25, -0.2) is 0 Å². The standard InChI is InChI=1S/C24H54N4/c1-7-13-21-27(9-3,10-4)23-19-25-15-17-26(18-16-25)20-24-28(11-5,12-6)22-14-8-2/h7-24H2,1-6H3/q+2. The number of likely N-dealkylation sites (N-methyl/N-ethyl adjacent to an activating group) is 2. The minimum atomic E-state index is 1.27. The average Bonchev–Trinajstić information content (AvgIpc) is 2.76. The van der Waals surface area contributed by atoms with Crippen LogP contribution in [0.3, 0.4) is 0 Å². The van der Waals surface area contributed by atoms with E-state index in [1.807, 2.05) is 0 Å². The molecule has 0 unspecified atom stereocenters. The Balaban J connectivity index is 2.39. The highest BCUT2D eigenvalue weighted by atomic mass is 15.4. The first kappa shape index (κ1) is 25.9. The highest BCUT2D eigenvalue weighted by Crippen LogP contribution is 2.13. The van der Waals surface area contributed by atoms with Crippen molar-refractivity contribution < 1.29 is 8.97 Å². The predicted octanol–water partition coefficient (Wildman–Crippen LogP) is 3.92. The van der Waals surface area contributed by atoms with Crippen molar-refractivity contribution in [2.45, 2.75) is 67.2 Å². The fraction of sp³-hybridized carbons (Fsp3) is 1.00. The minimum absolute atomic E-state index is 1.27. The summed E-state index contributed by atoms with van der Waals surface area (Å²) in [7, 11) is 0. The lowest BCUT2D eigenvalue weighted by atomic mass is 10.2. The monoisotopic (exact) mass is 398 g/mol. The summed E-state index contributed by atoms with van der Waals surface area (Å²) >= 11 is 0. The molecule has 0 amide bonds. The Morgan fingerprint density at radius 2 is 0.821 bits per heavy atom. The third-order valence-corrected chi connectivity index (χ3v) is 7.90. The Bertz CT molecular complexity index is 333. The molecule has 1 rings (SSSR count). The quantitative estimate of drug-likeness (QED) is 0.364. The van der Waals surface area contributed by atoms with Crippen LogP contribution in [-0.2, 0) is 0 Å². The van der Waals surface area contributed by atoms with E-state index in [4.69, 9.17) is 0 Å². The number of nitrogens with zero attached hydrogens (tertiary/aromatic N) is 4. The van der Waals surface area contributed by atoms with Gasteiger partial charge in [0.15, 0.2) is 0 Å². The molecule has 1 fully saturated rings. The van der Waals surface area contributed by atoms with Gasteiger partial charge < -0.3 is 8.97 Å². The second-order valence-corrected chi connectivity index (χ2v) is 9.23. The number of hydrogen-bond donors (Lipinski definition) is 0. The van der Waals surface area contributed by atoms with E-state index < -0.39 is 0 Å². The third kappa shape index (κ3) is 8.30. The van der Waals surface area contributed by atoms with Crippen LogP contribution in [0.1, 0.15) is 67.2 Å². The van der Waals surface area contributed by atoms with Crippen LogP contribution in [0.5, 0.6) is 0 Å². The zero-order valence-corrected chi connectivity index (χ0v) is 20.5. The Morgan fingerprint density at radius 3 is 1.07 bits per heavy atom. The van der Waals surface area contributed by atoms with E-state index in [0.29, 0.717) is 0 Å². The predicted molar refractivity (Wildman–Crippen MR) is 125 cm³/mol. The first-order valence-corrected chi connectivity index (χ1v) is 12.7. The average molecular weight is 399 g/mol. The van der Waals surface area contributed by atoms with E-state index in [1.54, 1.807) is 0 Å². The van der Waals surface area contributed by atoms with E-state index in [-0.39, 0.29) is 0 Å². The van der Waals surface area contributed by atoms with Crippen LogP contribution < -0.4 is 0 Å². The molecule has 0 aromatic rings. The molecular formula is C24H54N4+2. The molecule has 0 saturated carbocycles. The molecule has 0 radical (unpaired) electrons. The molecule has 0 bridgehead atoms. The van der Waals surface area contributed by atoms with Crippen LogP contribution >= 0.6 is 0 Å². The van der Waals surface area contributed by atoms with Gasteiger partial charge in [-0.3, -0.25) is 9.80 Å². The molecule has 0 spiro atoms. The molecule has 0 atom stereocenters. The molecule has 168 valence electrons. The number of hydrogen-bond acceptors (Lipinski definition) is 2. The molecule has 0 N–H and O–H groups in total. The van der Waals surface area contributed by atoms with Gasteiger partial charge in [0.1, 0.15) is 0 Å². The van der Waals surface area contributed by atoms with E-state index in [1.165, 1.54) is 126 Å². The number of piperazine rings is 1. The summed E-state index contributed by atoms with van der Waals surface area (Å²) in [6.45, 7) is 32.5. The van der Waals surface area contributed by atoms with Crippen LogP contribution in [0.25, 0.3) is 0 Å². The minimum Gasteiger partial charge on any atom is -0.323 e. The molecule has 4 nitrogen and oxygen atoms in total. The highest BCUT2D eigenvalue weighted by Gasteiger charge is 2.27. The lowest BCUT2D eigenvalue weighted by Gasteiger charge is -2.42. The maximum Gasteiger partial charge on any atom is 0.0915 e. The Hall–Kier alpha value is -0.160. The summed E-state index contributed by atoms with van der Waals surface area (Å²) < 4.78 is 2.64. The summed E-state index contributed by atoms with van der Waals surface area (Å²) in [5, 5.41) is 0. The van der Waals surface area contributed by atoms with Crippen LogP contribution in [0.4, 0.5) is 0 Å². The van der Waals surface area contributed by atoms with Crippen molar-refractivity contribution in [3.05, 3.63) is 0 Å². The topological polar surface area (TPSA) is 6.48 Å². The van der Waals surface area contributed by atoms with Gasteiger partial charge in [0.25, 0.3) is 0 Å². The summed E-state index contributed by atoms with van der Waals surface area (Å²) in [6.07, 6.45) is 5.41. The van der Waals surface area contributed by atoms with Gasteiger partial charge in [0.2, 0.25) is 0 Å². The van der Waals surface area contributed by atoms with Crippen LogP contribution in [0.2, 0.25) is 0 Å². The fourth-order valence-electron chi connectivity index (χ4n) is 4.87.